The van der Waals surface area contributed by atoms with E-state index in [9.17, 15) is 4.79 Å². The lowest BCUT2D eigenvalue weighted by Crippen LogP contribution is -2.48. The Balaban J connectivity index is 2.15. The maximum atomic E-state index is 12.4. The van der Waals surface area contributed by atoms with Gasteiger partial charge in [-0.3, -0.25) is 9.78 Å². The second-order valence-corrected chi connectivity index (χ2v) is 4.57. The molecular formula is C13H19N3O2. The van der Waals surface area contributed by atoms with E-state index >= 15 is 0 Å². The Morgan fingerprint density at radius 3 is 3.00 bits per heavy atom. The summed E-state index contributed by atoms with van der Waals surface area (Å²) in [5.41, 5.74) is 7.94. The molecule has 1 aromatic rings. The summed E-state index contributed by atoms with van der Waals surface area (Å²) >= 11 is 0. The molecule has 18 heavy (non-hydrogen) atoms. The molecule has 0 bridgehead atoms. The van der Waals surface area contributed by atoms with E-state index < -0.39 is 0 Å². The molecule has 0 aromatic carbocycles. The normalized spacial score (nSPS) is 19.9. The fraction of sp³-hybridized carbons (Fsp3) is 0.538. The minimum atomic E-state index is -0.0542. The van der Waals surface area contributed by atoms with Crippen molar-refractivity contribution >= 4 is 5.91 Å². The average Bonchev–Trinajstić information content (AvgIpc) is 2.38. The van der Waals surface area contributed by atoms with Gasteiger partial charge in [-0.05, 0) is 26.0 Å². The van der Waals surface area contributed by atoms with E-state index in [4.69, 9.17) is 10.5 Å². The molecule has 2 rings (SSSR count). The first-order valence-corrected chi connectivity index (χ1v) is 6.17. The van der Waals surface area contributed by atoms with Crippen molar-refractivity contribution in [3.63, 3.8) is 0 Å². The number of amides is 1. The van der Waals surface area contributed by atoms with Gasteiger partial charge in [0.05, 0.1) is 24.0 Å². The van der Waals surface area contributed by atoms with Crippen LogP contribution in [0.1, 0.15) is 21.7 Å². The van der Waals surface area contributed by atoms with Gasteiger partial charge in [0.1, 0.15) is 0 Å². The van der Waals surface area contributed by atoms with E-state index in [-0.39, 0.29) is 12.0 Å². The molecule has 2 N–H and O–H groups in total. The summed E-state index contributed by atoms with van der Waals surface area (Å²) in [7, 11) is 0. The van der Waals surface area contributed by atoms with Crippen LogP contribution in [0.4, 0.5) is 0 Å². The van der Waals surface area contributed by atoms with Crippen LogP contribution in [0, 0.1) is 13.8 Å². The van der Waals surface area contributed by atoms with Crippen LogP contribution >= 0.6 is 0 Å². The third-order valence-corrected chi connectivity index (χ3v) is 3.14. The van der Waals surface area contributed by atoms with Gasteiger partial charge in [-0.2, -0.15) is 0 Å². The number of rotatable bonds is 2. The lowest BCUT2D eigenvalue weighted by molar-refractivity contribution is -0.0168. The quantitative estimate of drug-likeness (QED) is 0.828. The highest BCUT2D eigenvalue weighted by Crippen LogP contribution is 2.13. The van der Waals surface area contributed by atoms with Crippen molar-refractivity contribution in [2.75, 3.05) is 26.2 Å². The van der Waals surface area contributed by atoms with Crippen molar-refractivity contribution in [3.05, 3.63) is 29.1 Å². The molecule has 2 heterocycles. The first kappa shape index (κ1) is 13.0. The Hall–Kier alpha value is -1.46. The van der Waals surface area contributed by atoms with Crippen molar-refractivity contribution in [2.45, 2.75) is 20.0 Å². The number of carbonyl (C=O) groups is 1. The Kier molecular flexibility index (Phi) is 3.93. The van der Waals surface area contributed by atoms with Gasteiger partial charge >= 0.3 is 0 Å². The molecule has 0 unspecified atom stereocenters. The van der Waals surface area contributed by atoms with Crippen molar-refractivity contribution in [1.29, 1.82) is 0 Å². The highest BCUT2D eigenvalue weighted by Gasteiger charge is 2.25. The van der Waals surface area contributed by atoms with E-state index in [0.717, 1.165) is 11.4 Å². The number of pyridine rings is 1. The van der Waals surface area contributed by atoms with Crippen molar-refractivity contribution < 1.29 is 9.53 Å². The molecule has 1 saturated heterocycles. The van der Waals surface area contributed by atoms with Crippen LogP contribution < -0.4 is 5.73 Å². The zero-order valence-electron chi connectivity index (χ0n) is 10.8. The lowest BCUT2D eigenvalue weighted by atomic mass is 10.1. The standard InChI is InChI=1S/C13H19N3O2/c1-9-3-4-12(10(2)15-9)13(17)16-5-6-18-11(7-14)8-16/h3-4,11H,5-8,14H2,1-2H3/t11-/m1/s1. The predicted molar refractivity (Wildman–Crippen MR) is 68.4 cm³/mol. The third-order valence-electron chi connectivity index (χ3n) is 3.14. The summed E-state index contributed by atoms with van der Waals surface area (Å²) in [5, 5.41) is 0. The average molecular weight is 249 g/mol. The van der Waals surface area contributed by atoms with Crippen LogP contribution in [0.25, 0.3) is 0 Å². The molecule has 1 fully saturated rings. The number of aryl methyl sites for hydroxylation is 2. The number of carbonyl (C=O) groups excluding carboxylic acids is 1. The Labute approximate surface area is 107 Å². The molecule has 0 aliphatic carbocycles. The number of ether oxygens (including phenoxy) is 1. The zero-order chi connectivity index (χ0) is 13.1. The van der Waals surface area contributed by atoms with Crippen LogP contribution in [-0.4, -0.2) is 48.1 Å². The Morgan fingerprint density at radius 2 is 2.33 bits per heavy atom. The molecule has 1 atom stereocenters. The molecule has 0 spiro atoms. The first-order chi connectivity index (χ1) is 8.61. The van der Waals surface area contributed by atoms with E-state index in [1.165, 1.54) is 0 Å². The predicted octanol–water partition coefficient (Wildman–Crippen LogP) is 0.498. The minimum Gasteiger partial charge on any atom is -0.373 e. The molecule has 1 amide bonds. The second kappa shape index (κ2) is 5.46. The van der Waals surface area contributed by atoms with E-state index in [2.05, 4.69) is 4.98 Å². The molecule has 98 valence electrons. The van der Waals surface area contributed by atoms with Gasteiger partial charge in [0.25, 0.3) is 5.91 Å². The summed E-state index contributed by atoms with van der Waals surface area (Å²) in [4.78, 5) is 18.5. The fourth-order valence-electron chi connectivity index (χ4n) is 2.13. The van der Waals surface area contributed by atoms with E-state index in [0.29, 0.717) is 31.8 Å². The van der Waals surface area contributed by atoms with Gasteiger partial charge in [-0.25, -0.2) is 0 Å². The molecule has 0 radical (unpaired) electrons. The smallest absolute Gasteiger partial charge is 0.255 e. The molecule has 1 aromatic heterocycles. The molecule has 1 aliphatic rings. The van der Waals surface area contributed by atoms with Crippen molar-refractivity contribution in [1.82, 2.24) is 9.88 Å². The number of morpholine rings is 1. The van der Waals surface area contributed by atoms with Crippen LogP contribution in [0.5, 0.6) is 0 Å². The highest BCUT2D eigenvalue weighted by molar-refractivity contribution is 5.95. The summed E-state index contributed by atoms with van der Waals surface area (Å²) in [6.07, 6.45) is -0.0542. The topological polar surface area (TPSA) is 68.5 Å². The highest BCUT2D eigenvalue weighted by atomic mass is 16.5. The molecule has 5 nitrogen and oxygen atoms in total. The monoisotopic (exact) mass is 249 g/mol. The summed E-state index contributed by atoms with van der Waals surface area (Å²) in [6, 6.07) is 3.70. The van der Waals surface area contributed by atoms with Gasteiger partial charge in [-0.15, -0.1) is 0 Å². The SMILES string of the molecule is Cc1ccc(C(=O)N2CCO[C@H](CN)C2)c(C)n1. The van der Waals surface area contributed by atoms with Gasteiger partial charge in [0.15, 0.2) is 0 Å². The first-order valence-electron chi connectivity index (χ1n) is 6.17. The number of aromatic nitrogens is 1. The maximum absolute atomic E-state index is 12.4. The number of hydrogen-bond donors (Lipinski definition) is 1. The molecule has 5 heteroatoms. The Morgan fingerprint density at radius 1 is 1.56 bits per heavy atom. The van der Waals surface area contributed by atoms with Gasteiger partial charge < -0.3 is 15.4 Å². The largest absolute Gasteiger partial charge is 0.373 e. The fourth-order valence-corrected chi connectivity index (χ4v) is 2.13. The minimum absolute atomic E-state index is 0.0155. The van der Waals surface area contributed by atoms with E-state index in [1.54, 1.807) is 4.90 Å². The Bertz CT molecular complexity index is 448. The molecule has 1 aliphatic heterocycles. The van der Waals surface area contributed by atoms with Crippen LogP contribution in [0.2, 0.25) is 0 Å². The zero-order valence-corrected chi connectivity index (χ0v) is 10.8. The number of nitrogens with two attached hydrogens (primary N) is 1. The maximum Gasteiger partial charge on any atom is 0.255 e. The van der Waals surface area contributed by atoms with Gasteiger partial charge in [0, 0.05) is 25.3 Å². The summed E-state index contributed by atoms with van der Waals surface area (Å²) in [6.45, 7) is 5.94. The number of nitrogens with zero attached hydrogens (tertiary/aromatic N) is 2. The van der Waals surface area contributed by atoms with Crippen LogP contribution in [-0.2, 0) is 4.74 Å². The van der Waals surface area contributed by atoms with Gasteiger partial charge in [0.2, 0.25) is 0 Å². The van der Waals surface area contributed by atoms with Gasteiger partial charge in [-0.1, -0.05) is 0 Å². The van der Waals surface area contributed by atoms with Crippen LogP contribution in [0.15, 0.2) is 12.1 Å². The van der Waals surface area contributed by atoms with Crippen molar-refractivity contribution in [3.8, 4) is 0 Å². The van der Waals surface area contributed by atoms with E-state index in [1.807, 2.05) is 26.0 Å². The lowest BCUT2D eigenvalue weighted by Gasteiger charge is -2.32. The second-order valence-electron chi connectivity index (χ2n) is 4.57. The van der Waals surface area contributed by atoms with Crippen molar-refractivity contribution in [2.24, 2.45) is 5.73 Å². The molecular weight excluding hydrogens is 230 g/mol. The summed E-state index contributed by atoms with van der Waals surface area (Å²) < 4.78 is 5.46. The summed E-state index contributed by atoms with van der Waals surface area (Å²) in [5.74, 6) is 0.0155. The molecule has 0 saturated carbocycles. The van der Waals surface area contributed by atoms with Crippen LogP contribution in [0.3, 0.4) is 0 Å². The third kappa shape index (κ3) is 2.68. The number of hydrogen-bond acceptors (Lipinski definition) is 4.